The quantitative estimate of drug-likeness (QED) is 0.739. The van der Waals surface area contributed by atoms with Gasteiger partial charge in [-0.2, -0.15) is 5.26 Å². The lowest BCUT2D eigenvalue weighted by molar-refractivity contribution is -0.0667. The minimum Gasteiger partial charge on any atom is -0.465 e. The first kappa shape index (κ1) is 14.8. The molecule has 1 unspecified atom stereocenters. The molecule has 5 heteroatoms. The zero-order chi connectivity index (χ0) is 14.2. The second-order valence-electron chi connectivity index (χ2n) is 4.66. The zero-order valence-corrected chi connectivity index (χ0v) is 11.7. The topological polar surface area (TPSA) is 54.7 Å². The third kappa shape index (κ3) is 4.49. The van der Waals surface area contributed by atoms with Crippen LogP contribution in [0.3, 0.4) is 0 Å². The fraction of sp³-hybridized carbons (Fsp3) is 0.533. The molecule has 0 saturated carbocycles. The lowest BCUT2D eigenvalue weighted by Crippen LogP contribution is -2.38. The van der Waals surface area contributed by atoms with Crippen molar-refractivity contribution in [2.75, 3.05) is 40.0 Å². The van der Waals surface area contributed by atoms with Crippen LogP contribution in [0, 0.1) is 11.3 Å². The van der Waals surface area contributed by atoms with E-state index in [-0.39, 0.29) is 6.29 Å². The van der Waals surface area contributed by atoms with E-state index in [0.717, 1.165) is 45.0 Å². The Hall–Kier alpha value is -1.61. The summed E-state index contributed by atoms with van der Waals surface area (Å²) in [6.07, 6.45) is 0.530. The highest BCUT2D eigenvalue weighted by molar-refractivity contribution is 5.34. The van der Waals surface area contributed by atoms with Crippen molar-refractivity contribution in [1.29, 1.82) is 5.26 Å². The molecule has 0 bridgehead atoms. The number of benzene rings is 1. The van der Waals surface area contributed by atoms with Gasteiger partial charge in [-0.05, 0) is 24.3 Å². The molecule has 0 aliphatic carbocycles. The number of hydrogen-bond donors (Lipinski definition) is 0. The maximum Gasteiger partial charge on any atom is 0.200 e. The van der Waals surface area contributed by atoms with Crippen molar-refractivity contribution in [2.24, 2.45) is 0 Å². The SMILES string of the molecule is COC(CCN1CCOCC1)Oc1ccc(C#N)cc1. The molecule has 0 spiro atoms. The van der Waals surface area contributed by atoms with Crippen molar-refractivity contribution < 1.29 is 14.2 Å². The summed E-state index contributed by atoms with van der Waals surface area (Å²) in [7, 11) is 1.65. The first-order valence-corrected chi connectivity index (χ1v) is 6.81. The molecule has 0 aromatic heterocycles. The number of morpholine rings is 1. The molecule has 0 radical (unpaired) electrons. The van der Waals surface area contributed by atoms with Gasteiger partial charge in [0.25, 0.3) is 0 Å². The summed E-state index contributed by atoms with van der Waals surface area (Å²) in [6.45, 7) is 4.46. The Labute approximate surface area is 119 Å². The van der Waals surface area contributed by atoms with Crippen LogP contribution in [0.5, 0.6) is 5.75 Å². The van der Waals surface area contributed by atoms with Gasteiger partial charge in [-0.1, -0.05) is 0 Å². The van der Waals surface area contributed by atoms with Crippen LogP contribution in [0.15, 0.2) is 24.3 Å². The molecule has 1 aliphatic heterocycles. The van der Waals surface area contributed by atoms with Crippen molar-refractivity contribution in [3.05, 3.63) is 29.8 Å². The average Bonchev–Trinajstić information content (AvgIpc) is 2.53. The van der Waals surface area contributed by atoms with Gasteiger partial charge in [-0.25, -0.2) is 0 Å². The second-order valence-corrected chi connectivity index (χ2v) is 4.66. The maximum absolute atomic E-state index is 8.75. The van der Waals surface area contributed by atoms with Crippen molar-refractivity contribution in [2.45, 2.75) is 12.7 Å². The molecule has 1 atom stereocenters. The molecule has 1 fully saturated rings. The number of nitrogens with zero attached hydrogens (tertiary/aromatic N) is 2. The Morgan fingerprint density at radius 1 is 1.30 bits per heavy atom. The van der Waals surface area contributed by atoms with Crippen molar-refractivity contribution in [3.63, 3.8) is 0 Å². The summed E-state index contributed by atoms with van der Waals surface area (Å²) in [4.78, 5) is 2.34. The van der Waals surface area contributed by atoms with Crippen LogP contribution in [-0.2, 0) is 9.47 Å². The molecule has 1 aromatic rings. The van der Waals surface area contributed by atoms with Crippen LogP contribution in [0.1, 0.15) is 12.0 Å². The standard InChI is InChI=1S/C15H20N2O3/c1-18-15(6-7-17-8-10-19-11-9-17)20-14-4-2-13(12-16)3-5-14/h2-5,15H,6-11H2,1H3. The molecule has 0 amide bonds. The smallest absolute Gasteiger partial charge is 0.200 e. The lowest BCUT2D eigenvalue weighted by Gasteiger charge is -2.28. The first-order chi connectivity index (χ1) is 9.81. The van der Waals surface area contributed by atoms with Gasteiger partial charge in [0.05, 0.1) is 24.8 Å². The summed E-state index contributed by atoms with van der Waals surface area (Å²) in [5.41, 5.74) is 0.625. The van der Waals surface area contributed by atoms with E-state index in [9.17, 15) is 0 Å². The summed E-state index contributed by atoms with van der Waals surface area (Å²) in [5, 5.41) is 8.75. The zero-order valence-electron chi connectivity index (χ0n) is 11.7. The van der Waals surface area contributed by atoms with E-state index in [2.05, 4.69) is 11.0 Å². The minimum atomic E-state index is -0.272. The molecular weight excluding hydrogens is 256 g/mol. The number of nitriles is 1. The van der Waals surface area contributed by atoms with Crippen LogP contribution >= 0.6 is 0 Å². The molecule has 1 aliphatic rings. The Kier molecular flexibility index (Phi) is 5.81. The van der Waals surface area contributed by atoms with Gasteiger partial charge in [-0.3, -0.25) is 4.90 Å². The predicted molar refractivity (Wildman–Crippen MR) is 74.5 cm³/mol. The molecule has 5 nitrogen and oxygen atoms in total. The number of hydrogen-bond acceptors (Lipinski definition) is 5. The van der Waals surface area contributed by atoms with Gasteiger partial charge in [-0.15, -0.1) is 0 Å². The largest absolute Gasteiger partial charge is 0.465 e. The van der Waals surface area contributed by atoms with Crippen LogP contribution in [0.2, 0.25) is 0 Å². The Morgan fingerprint density at radius 3 is 2.60 bits per heavy atom. The van der Waals surface area contributed by atoms with Gasteiger partial charge in [0.15, 0.2) is 0 Å². The molecule has 1 heterocycles. The van der Waals surface area contributed by atoms with Crippen LogP contribution in [0.25, 0.3) is 0 Å². The van der Waals surface area contributed by atoms with Crippen molar-refractivity contribution in [3.8, 4) is 11.8 Å². The summed E-state index contributed by atoms with van der Waals surface area (Å²) in [6, 6.07) is 9.15. The van der Waals surface area contributed by atoms with Crippen molar-refractivity contribution >= 4 is 0 Å². The molecule has 1 saturated heterocycles. The molecule has 2 rings (SSSR count). The minimum absolute atomic E-state index is 0.272. The Morgan fingerprint density at radius 2 is 2.00 bits per heavy atom. The highest BCUT2D eigenvalue weighted by Crippen LogP contribution is 2.15. The highest BCUT2D eigenvalue weighted by Gasteiger charge is 2.14. The van der Waals surface area contributed by atoms with Crippen LogP contribution in [0.4, 0.5) is 0 Å². The van der Waals surface area contributed by atoms with E-state index in [0.29, 0.717) is 5.56 Å². The maximum atomic E-state index is 8.75. The van der Waals surface area contributed by atoms with E-state index >= 15 is 0 Å². The number of methoxy groups -OCH3 is 1. The van der Waals surface area contributed by atoms with Gasteiger partial charge in [0, 0.05) is 33.2 Å². The van der Waals surface area contributed by atoms with Crippen molar-refractivity contribution in [1.82, 2.24) is 4.90 Å². The second kappa shape index (κ2) is 7.85. The third-order valence-electron chi connectivity index (χ3n) is 3.30. The van der Waals surface area contributed by atoms with Gasteiger partial charge >= 0.3 is 0 Å². The Balaban J connectivity index is 1.80. The lowest BCUT2D eigenvalue weighted by atomic mass is 10.2. The van der Waals surface area contributed by atoms with Crippen LogP contribution in [-0.4, -0.2) is 51.1 Å². The third-order valence-corrected chi connectivity index (χ3v) is 3.30. The molecule has 108 valence electrons. The molecule has 20 heavy (non-hydrogen) atoms. The summed E-state index contributed by atoms with van der Waals surface area (Å²) < 4.78 is 16.4. The molecular formula is C15H20N2O3. The highest BCUT2D eigenvalue weighted by atomic mass is 16.7. The predicted octanol–water partition coefficient (Wildman–Crippen LogP) is 1.63. The van der Waals surface area contributed by atoms with Gasteiger partial charge in [0.2, 0.25) is 6.29 Å². The van der Waals surface area contributed by atoms with E-state index < -0.39 is 0 Å². The summed E-state index contributed by atoms with van der Waals surface area (Å²) in [5.74, 6) is 0.720. The molecule has 0 N–H and O–H groups in total. The average molecular weight is 276 g/mol. The fourth-order valence-electron chi connectivity index (χ4n) is 2.10. The van der Waals surface area contributed by atoms with Gasteiger partial charge < -0.3 is 14.2 Å². The van der Waals surface area contributed by atoms with E-state index in [1.54, 1.807) is 31.4 Å². The number of ether oxygens (including phenoxy) is 3. The van der Waals surface area contributed by atoms with E-state index in [4.69, 9.17) is 19.5 Å². The van der Waals surface area contributed by atoms with E-state index in [1.165, 1.54) is 0 Å². The first-order valence-electron chi connectivity index (χ1n) is 6.81. The van der Waals surface area contributed by atoms with Gasteiger partial charge in [0.1, 0.15) is 5.75 Å². The Bertz CT molecular complexity index is 435. The number of rotatable bonds is 6. The van der Waals surface area contributed by atoms with E-state index in [1.807, 2.05) is 0 Å². The molecule has 1 aromatic carbocycles. The van der Waals surface area contributed by atoms with Crippen LogP contribution < -0.4 is 4.74 Å². The normalized spacial score (nSPS) is 17.4. The fourth-order valence-corrected chi connectivity index (χ4v) is 2.10. The monoisotopic (exact) mass is 276 g/mol. The summed E-state index contributed by atoms with van der Waals surface area (Å²) >= 11 is 0.